The normalized spacial score (nSPS) is 24.3. The smallest absolute Gasteiger partial charge is 0.327 e. The van der Waals surface area contributed by atoms with Crippen LogP contribution in [-0.2, 0) is 19.6 Å². The fourth-order valence-electron chi connectivity index (χ4n) is 1.63. The average molecular weight is 292 g/mol. The van der Waals surface area contributed by atoms with E-state index in [1.807, 2.05) is 0 Å². The predicted molar refractivity (Wildman–Crippen MR) is 63.0 cm³/mol. The second kappa shape index (κ2) is 4.57. The zero-order chi connectivity index (χ0) is 13.4. The molecule has 18 heavy (non-hydrogen) atoms. The summed E-state index contributed by atoms with van der Waals surface area (Å²) in [5.74, 6) is -1.23. The summed E-state index contributed by atoms with van der Waals surface area (Å²) in [6, 6.07) is 0. The first-order valence-corrected chi connectivity index (χ1v) is 7.43. The second-order valence-electron chi connectivity index (χ2n) is 3.99. The SMILES string of the molecule is Cc1ncc(S(=O)(=O)NC2(C(=O)O)CCOC2)s1. The molecule has 1 fully saturated rings. The van der Waals surface area contributed by atoms with Crippen LogP contribution in [0.4, 0.5) is 0 Å². The van der Waals surface area contributed by atoms with Crippen molar-refractivity contribution in [3.05, 3.63) is 11.2 Å². The van der Waals surface area contributed by atoms with E-state index in [0.717, 1.165) is 11.3 Å². The van der Waals surface area contributed by atoms with Crippen LogP contribution in [0.25, 0.3) is 0 Å². The Hall–Kier alpha value is -1.03. The van der Waals surface area contributed by atoms with Crippen molar-refractivity contribution in [3.8, 4) is 0 Å². The van der Waals surface area contributed by atoms with E-state index in [0.29, 0.717) is 5.01 Å². The van der Waals surface area contributed by atoms with Crippen LogP contribution in [0.3, 0.4) is 0 Å². The second-order valence-corrected chi connectivity index (χ2v) is 7.14. The van der Waals surface area contributed by atoms with Crippen LogP contribution in [0.1, 0.15) is 11.4 Å². The molecular formula is C9H12N2O5S2. The maximum atomic E-state index is 12.1. The minimum absolute atomic E-state index is 0.00697. The van der Waals surface area contributed by atoms with Gasteiger partial charge < -0.3 is 9.84 Å². The van der Waals surface area contributed by atoms with Gasteiger partial charge in [-0.15, -0.1) is 11.3 Å². The Balaban J connectivity index is 2.29. The summed E-state index contributed by atoms with van der Waals surface area (Å²) in [5, 5.41) is 9.76. The molecule has 0 bridgehead atoms. The summed E-state index contributed by atoms with van der Waals surface area (Å²) in [6.45, 7) is 1.73. The number of carboxylic acid groups (broad SMARTS) is 1. The molecule has 2 heterocycles. The standard InChI is InChI=1S/C9H12N2O5S2/c1-6-10-4-7(17-6)18(14,15)11-9(8(12)13)2-3-16-5-9/h4,11H,2-3,5H2,1H3,(H,12,13). The Morgan fingerprint density at radius 1 is 1.67 bits per heavy atom. The summed E-state index contributed by atoms with van der Waals surface area (Å²) in [4.78, 5) is 15.1. The Labute approximate surface area is 108 Å². The fourth-order valence-corrected chi connectivity index (χ4v) is 4.11. The van der Waals surface area contributed by atoms with Gasteiger partial charge in [-0.3, -0.25) is 4.79 Å². The van der Waals surface area contributed by atoms with Gasteiger partial charge in [0.2, 0.25) is 0 Å². The zero-order valence-corrected chi connectivity index (χ0v) is 11.2. The topological polar surface area (TPSA) is 106 Å². The summed E-state index contributed by atoms with van der Waals surface area (Å²) >= 11 is 0.993. The minimum Gasteiger partial charge on any atom is -0.480 e. The van der Waals surface area contributed by atoms with Crippen LogP contribution in [0, 0.1) is 6.92 Å². The third-order valence-corrected chi connectivity index (χ3v) is 5.54. The number of aryl methyl sites for hydroxylation is 1. The van der Waals surface area contributed by atoms with E-state index in [2.05, 4.69) is 9.71 Å². The molecule has 0 saturated carbocycles. The van der Waals surface area contributed by atoms with Crippen LogP contribution in [0.5, 0.6) is 0 Å². The number of carbonyl (C=O) groups is 1. The molecule has 1 aromatic heterocycles. The molecule has 1 aliphatic rings. The Kier molecular flexibility index (Phi) is 3.41. The number of aromatic nitrogens is 1. The molecule has 7 nitrogen and oxygen atoms in total. The Morgan fingerprint density at radius 2 is 2.39 bits per heavy atom. The number of carboxylic acids is 1. The van der Waals surface area contributed by atoms with Crippen LogP contribution < -0.4 is 4.72 Å². The first-order chi connectivity index (χ1) is 8.36. The molecule has 0 radical (unpaired) electrons. The monoisotopic (exact) mass is 292 g/mol. The highest BCUT2D eigenvalue weighted by atomic mass is 32.2. The number of nitrogens with zero attached hydrogens (tertiary/aromatic N) is 1. The summed E-state index contributed by atoms with van der Waals surface area (Å²) in [6.07, 6.45) is 1.33. The van der Waals surface area contributed by atoms with E-state index < -0.39 is 21.5 Å². The van der Waals surface area contributed by atoms with Crippen LogP contribution in [0.2, 0.25) is 0 Å². The highest BCUT2D eigenvalue weighted by Gasteiger charge is 2.46. The minimum atomic E-state index is -3.88. The third kappa shape index (κ3) is 2.39. The molecule has 1 saturated heterocycles. The fraction of sp³-hybridized carbons (Fsp3) is 0.556. The molecule has 100 valence electrons. The van der Waals surface area contributed by atoms with Gasteiger partial charge in [0.05, 0.1) is 17.8 Å². The third-order valence-electron chi connectivity index (χ3n) is 2.63. The molecule has 1 aliphatic heterocycles. The van der Waals surface area contributed by atoms with E-state index in [-0.39, 0.29) is 23.8 Å². The van der Waals surface area contributed by atoms with Gasteiger partial charge in [0.25, 0.3) is 10.0 Å². The number of hydrogen-bond donors (Lipinski definition) is 2. The van der Waals surface area contributed by atoms with E-state index in [9.17, 15) is 13.2 Å². The van der Waals surface area contributed by atoms with Crippen molar-refractivity contribution < 1.29 is 23.1 Å². The summed E-state index contributed by atoms with van der Waals surface area (Å²) < 4.78 is 31.3. The molecule has 2 rings (SSSR count). The molecule has 2 N–H and O–H groups in total. The van der Waals surface area contributed by atoms with E-state index in [1.54, 1.807) is 6.92 Å². The van der Waals surface area contributed by atoms with Crippen molar-refractivity contribution in [3.63, 3.8) is 0 Å². The van der Waals surface area contributed by atoms with Gasteiger partial charge >= 0.3 is 5.97 Å². The number of thiazole rings is 1. The highest BCUT2D eigenvalue weighted by Crippen LogP contribution is 2.24. The number of sulfonamides is 1. The Bertz CT molecular complexity index is 559. The van der Waals surface area contributed by atoms with Gasteiger partial charge in [-0.2, -0.15) is 4.72 Å². The maximum Gasteiger partial charge on any atom is 0.327 e. The van der Waals surface area contributed by atoms with Crippen molar-refractivity contribution in [2.24, 2.45) is 0 Å². The lowest BCUT2D eigenvalue weighted by Gasteiger charge is -2.22. The quantitative estimate of drug-likeness (QED) is 0.807. The number of ether oxygens (including phenoxy) is 1. The van der Waals surface area contributed by atoms with E-state index in [4.69, 9.17) is 9.84 Å². The molecule has 1 aromatic rings. The maximum absolute atomic E-state index is 12.1. The molecule has 0 amide bonds. The lowest BCUT2D eigenvalue weighted by Crippen LogP contribution is -2.54. The van der Waals surface area contributed by atoms with E-state index in [1.165, 1.54) is 6.20 Å². The summed E-state index contributed by atoms with van der Waals surface area (Å²) in [7, 11) is -3.88. The van der Waals surface area contributed by atoms with Crippen molar-refractivity contribution >= 4 is 27.3 Å². The van der Waals surface area contributed by atoms with Gasteiger partial charge in [-0.05, 0) is 6.92 Å². The molecular weight excluding hydrogens is 280 g/mol. The molecule has 0 spiro atoms. The van der Waals surface area contributed by atoms with Crippen LogP contribution >= 0.6 is 11.3 Å². The highest BCUT2D eigenvalue weighted by molar-refractivity contribution is 7.91. The molecule has 9 heteroatoms. The van der Waals surface area contributed by atoms with Crippen LogP contribution in [0.15, 0.2) is 10.4 Å². The van der Waals surface area contributed by atoms with Gasteiger partial charge in [0, 0.05) is 13.0 Å². The van der Waals surface area contributed by atoms with E-state index >= 15 is 0 Å². The van der Waals surface area contributed by atoms with Crippen molar-refractivity contribution in [2.75, 3.05) is 13.2 Å². The number of aliphatic carboxylic acids is 1. The lowest BCUT2D eigenvalue weighted by molar-refractivity contribution is -0.144. The molecule has 0 aliphatic carbocycles. The summed E-state index contributed by atoms with van der Waals surface area (Å²) in [5.41, 5.74) is -1.57. The van der Waals surface area contributed by atoms with Crippen molar-refractivity contribution in [2.45, 2.75) is 23.1 Å². The average Bonchev–Trinajstić information content (AvgIpc) is 2.87. The molecule has 1 unspecified atom stereocenters. The van der Waals surface area contributed by atoms with Crippen molar-refractivity contribution in [1.29, 1.82) is 0 Å². The molecule has 0 aromatic carbocycles. The van der Waals surface area contributed by atoms with Crippen LogP contribution in [-0.4, -0.2) is 43.2 Å². The van der Waals surface area contributed by atoms with Gasteiger partial charge in [-0.1, -0.05) is 0 Å². The van der Waals surface area contributed by atoms with Crippen molar-refractivity contribution in [1.82, 2.24) is 9.71 Å². The van der Waals surface area contributed by atoms with Gasteiger partial charge in [0.1, 0.15) is 0 Å². The number of hydrogen-bond acceptors (Lipinski definition) is 6. The van der Waals surface area contributed by atoms with Gasteiger partial charge in [0.15, 0.2) is 9.75 Å². The number of rotatable bonds is 4. The largest absolute Gasteiger partial charge is 0.480 e. The van der Waals surface area contributed by atoms with Gasteiger partial charge in [-0.25, -0.2) is 13.4 Å². The zero-order valence-electron chi connectivity index (χ0n) is 9.54. The lowest BCUT2D eigenvalue weighted by atomic mass is 10.0. The first kappa shape index (κ1) is 13.4. The predicted octanol–water partition coefficient (Wildman–Crippen LogP) is -0.0265. The number of nitrogens with one attached hydrogen (secondary N) is 1. The molecule has 1 atom stereocenters. The Morgan fingerprint density at radius 3 is 2.83 bits per heavy atom. The first-order valence-electron chi connectivity index (χ1n) is 5.13.